The van der Waals surface area contributed by atoms with Crippen LogP contribution in [0.1, 0.15) is 24.8 Å². The number of hydrogen-bond acceptors (Lipinski definition) is 6. The molecule has 0 atom stereocenters. The maximum absolute atomic E-state index is 8.74. The van der Waals surface area contributed by atoms with Crippen LogP contribution in [-0.4, -0.2) is 30.2 Å². The highest BCUT2D eigenvalue weighted by atomic mass is 16.5. The Hall–Kier alpha value is -1.87. The molecule has 3 N–H and O–H groups in total. The van der Waals surface area contributed by atoms with Gasteiger partial charge in [0.1, 0.15) is 17.5 Å². The molecule has 6 heteroatoms. The summed E-state index contributed by atoms with van der Waals surface area (Å²) >= 11 is 0. The van der Waals surface area contributed by atoms with Gasteiger partial charge in [-0.1, -0.05) is 6.42 Å². The summed E-state index contributed by atoms with van der Waals surface area (Å²) in [4.78, 5) is 8.12. The van der Waals surface area contributed by atoms with E-state index in [4.69, 9.17) is 15.7 Å². The van der Waals surface area contributed by atoms with Crippen molar-refractivity contribution in [1.82, 2.24) is 9.97 Å². The van der Waals surface area contributed by atoms with Gasteiger partial charge in [-0.2, -0.15) is 10.2 Å². The standard InChI is InChI=1S/C12H17N5O/c1-18-8-12(3-2-4-12)7-16-11-15-6-9(5-13)10(14)17-11/h6H,2-4,7-8H2,1H3,(H3,14,15,16,17). The molecule has 1 saturated carbocycles. The average Bonchev–Trinajstić information content (AvgIpc) is 2.32. The van der Waals surface area contributed by atoms with Crippen LogP contribution >= 0.6 is 0 Å². The number of rotatable bonds is 5. The second kappa shape index (κ2) is 5.19. The number of nitrogens with one attached hydrogen (secondary N) is 1. The molecule has 1 aromatic heterocycles. The normalized spacial score (nSPS) is 16.7. The topological polar surface area (TPSA) is 96.8 Å². The van der Waals surface area contributed by atoms with Gasteiger partial charge in [-0.15, -0.1) is 0 Å². The lowest BCUT2D eigenvalue weighted by Crippen LogP contribution is -2.40. The van der Waals surface area contributed by atoms with Crippen LogP contribution in [0.5, 0.6) is 0 Å². The van der Waals surface area contributed by atoms with Gasteiger partial charge in [0.25, 0.3) is 0 Å². The number of ether oxygens (including phenoxy) is 1. The van der Waals surface area contributed by atoms with Gasteiger partial charge in [0.05, 0.1) is 12.8 Å². The van der Waals surface area contributed by atoms with Crippen molar-refractivity contribution in [3.8, 4) is 6.07 Å². The lowest BCUT2D eigenvalue weighted by Gasteiger charge is -2.41. The number of methoxy groups -OCH3 is 1. The summed E-state index contributed by atoms with van der Waals surface area (Å²) in [6.07, 6.45) is 4.98. The van der Waals surface area contributed by atoms with Crippen LogP contribution in [0, 0.1) is 16.7 Å². The van der Waals surface area contributed by atoms with Crippen molar-refractivity contribution in [1.29, 1.82) is 5.26 Å². The maximum atomic E-state index is 8.74. The Kier molecular flexibility index (Phi) is 3.63. The number of hydrogen-bond donors (Lipinski definition) is 2. The van der Waals surface area contributed by atoms with E-state index >= 15 is 0 Å². The summed E-state index contributed by atoms with van der Waals surface area (Å²) < 4.78 is 5.25. The third-order valence-electron chi connectivity index (χ3n) is 3.42. The van der Waals surface area contributed by atoms with Gasteiger partial charge in [-0.05, 0) is 12.8 Å². The van der Waals surface area contributed by atoms with Crippen molar-refractivity contribution >= 4 is 11.8 Å². The zero-order chi connectivity index (χ0) is 13.0. The summed E-state index contributed by atoms with van der Waals surface area (Å²) in [7, 11) is 1.72. The van der Waals surface area contributed by atoms with Gasteiger partial charge in [-0.25, -0.2) is 4.98 Å². The fourth-order valence-electron chi connectivity index (χ4n) is 2.19. The van der Waals surface area contributed by atoms with Crippen molar-refractivity contribution in [2.75, 3.05) is 31.3 Å². The Morgan fingerprint density at radius 3 is 2.89 bits per heavy atom. The highest BCUT2D eigenvalue weighted by Gasteiger charge is 2.36. The first-order valence-corrected chi connectivity index (χ1v) is 5.94. The Morgan fingerprint density at radius 1 is 1.61 bits per heavy atom. The molecule has 0 unspecified atom stereocenters. The van der Waals surface area contributed by atoms with E-state index < -0.39 is 0 Å². The van der Waals surface area contributed by atoms with Crippen LogP contribution in [0.4, 0.5) is 11.8 Å². The number of nitrogen functional groups attached to an aromatic ring is 1. The molecule has 1 fully saturated rings. The minimum atomic E-state index is 0.195. The summed E-state index contributed by atoms with van der Waals surface area (Å²) in [6, 6.07) is 1.94. The van der Waals surface area contributed by atoms with E-state index in [2.05, 4.69) is 15.3 Å². The Morgan fingerprint density at radius 2 is 2.39 bits per heavy atom. The first-order chi connectivity index (χ1) is 8.69. The highest BCUT2D eigenvalue weighted by molar-refractivity contribution is 5.49. The summed E-state index contributed by atoms with van der Waals surface area (Å²) in [5.74, 6) is 0.679. The number of nitriles is 1. The first-order valence-electron chi connectivity index (χ1n) is 5.94. The molecule has 1 aliphatic carbocycles. The fourth-order valence-corrected chi connectivity index (χ4v) is 2.19. The van der Waals surface area contributed by atoms with E-state index in [-0.39, 0.29) is 11.2 Å². The van der Waals surface area contributed by atoms with E-state index in [0.717, 1.165) is 26.0 Å². The van der Waals surface area contributed by atoms with Gasteiger partial charge in [0.2, 0.25) is 5.95 Å². The zero-order valence-electron chi connectivity index (χ0n) is 10.4. The lowest BCUT2D eigenvalue weighted by atomic mass is 9.69. The molecule has 1 aromatic rings. The van der Waals surface area contributed by atoms with Crippen LogP contribution in [0.25, 0.3) is 0 Å². The van der Waals surface area contributed by atoms with Crippen LogP contribution in [0.15, 0.2) is 6.20 Å². The van der Waals surface area contributed by atoms with Crippen molar-refractivity contribution < 1.29 is 4.74 Å². The molecular weight excluding hydrogens is 230 g/mol. The third kappa shape index (κ3) is 2.51. The Labute approximate surface area is 106 Å². The predicted octanol–water partition coefficient (Wildman–Crippen LogP) is 1.16. The van der Waals surface area contributed by atoms with E-state index in [0.29, 0.717) is 11.5 Å². The zero-order valence-corrected chi connectivity index (χ0v) is 10.4. The van der Waals surface area contributed by atoms with Gasteiger partial charge < -0.3 is 15.8 Å². The fraction of sp³-hybridized carbons (Fsp3) is 0.583. The smallest absolute Gasteiger partial charge is 0.224 e. The average molecular weight is 247 g/mol. The largest absolute Gasteiger partial charge is 0.384 e. The van der Waals surface area contributed by atoms with Gasteiger partial charge in [0.15, 0.2) is 0 Å². The molecule has 0 spiro atoms. The quantitative estimate of drug-likeness (QED) is 0.810. The van der Waals surface area contributed by atoms with Crippen molar-refractivity contribution in [3.05, 3.63) is 11.8 Å². The van der Waals surface area contributed by atoms with Crippen LogP contribution < -0.4 is 11.1 Å². The molecular formula is C12H17N5O. The Bertz CT molecular complexity index is 464. The SMILES string of the molecule is COCC1(CNc2ncc(C#N)c(N)n2)CCC1. The third-order valence-corrected chi connectivity index (χ3v) is 3.42. The Balaban J connectivity index is 1.98. The monoisotopic (exact) mass is 247 g/mol. The molecule has 96 valence electrons. The molecule has 0 bridgehead atoms. The van der Waals surface area contributed by atoms with E-state index in [9.17, 15) is 0 Å². The van der Waals surface area contributed by atoms with Crippen LogP contribution in [0.3, 0.4) is 0 Å². The minimum Gasteiger partial charge on any atom is -0.384 e. The molecule has 0 radical (unpaired) electrons. The molecule has 1 aliphatic rings. The maximum Gasteiger partial charge on any atom is 0.224 e. The van der Waals surface area contributed by atoms with E-state index in [1.807, 2.05) is 6.07 Å². The lowest BCUT2D eigenvalue weighted by molar-refractivity contribution is 0.0281. The molecule has 0 aromatic carbocycles. The van der Waals surface area contributed by atoms with Crippen molar-refractivity contribution in [2.24, 2.45) is 5.41 Å². The predicted molar refractivity (Wildman–Crippen MR) is 67.8 cm³/mol. The summed E-state index contributed by atoms with van der Waals surface area (Å²) in [5.41, 5.74) is 6.13. The number of nitrogens with two attached hydrogens (primary N) is 1. The molecule has 0 aliphatic heterocycles. The minimum absolute atomic E-state index is 0.195. The molecule has 0 amide bonds. The van der Waals surface area contributed by atoms with Crippen LogP contribution in [0.2, 0.25) is 0 Å². The van der Waals surface area contributed by atoms with Gasteiger partial charge >= 0.3 is 0 Å². The number of nitrogens with zero attached hydrogens (tertiary/aromatic N) is 3. The first kappa shape index (κ1) is 12.6. The second-order valence-corrected chi connectivity index (χ2v) is 4.74. The van der Waals surface area contributed by atoms with E-state index in [1.165, 1.54) is 12.6 Å². The number of aromatic nitrogens is 2. The second-order valence-electron chi connectivity index (χ2n) is 4.74. The molecule has 2 rings (SSSR count). The summed E-state index contributed by atoms with van der Waals surface area (Å²) in [6.45, 7) is 1.51. The van der Waals surface area contributed by atoms with E-state index in [1.54, 1.807) is 7.11 Å². The molecule has 1 heterocycles. The van der Waals surface area contributed by atoms with Crippen molar-refractivity contribution in [3.63, 3.8) is 0 Å². The summed E-state index contributed by atoms with van der Waals surface area (Å²) in [5, 5.41) is 11.9. The van der Waals surface area contributed by atoms with Crippen molar-refractivity contribution in [2.45, 2.75) is 19.3 Å². The van der Waals surface area contributed by atoms with Gasteiger partial charge in [-0.3, -0.25) is 0 Å². The highest BCUT2D eigenvalue weighted by Crippen LogP contribution is 2.40. The van der Waals surface area contributed by atoms with Gasteiger partial charge in [0, 0.05) is 19.1 Å². The number of anilines is 2. The van der Waals surface area contributed by atoms with Crippen LogP contribution in [-0.2, 0) is 4.74 Å². The molecule has 6 nitrogen and oxygen atoms in total. The molecule has 18 heavy (non-hydrogen) atoms. The molecule has 0 saturated heterocycles.